The van der Waals surface area contributed by atoms with Crippen molar-refractivity contribution in [3.8, 4) is 0 Å². The highest BCUT2D eigenvalue weighted by molar-refractivity contribution is 9.10. The highest BCUT2D eigenvalue weighted by Gasteiger charge is 2.15. The molecule has 1 amide bonds. The molecule has 138 valence electrons. The zero-order valence-electron chi connectivity index (χ0n) is 14.4. The van der Waals surface area contributed by atoms with Gasteiger partial charge in [-0.25, -0.2) is 9.37 Å². The number of morpholine rings is 1. The Labute approximate surface area is 164 Å². The van der Waals surface area contributed by atoms with E-state index in [-0.39, 0.29) is 5.91 Å². The SMILES string of the molecule is O=C(Nc1cc(F)c2nc(N3CCOCC3)ccc2c1)c1ccc(Br)cc1. The van der Waals surface area contributed by atoms with Gasteiger partial charge in [-0.2, -0.15) is 0 Å². The van der Waals surface area contributed by atoms with E-state index in [9.17, 15) is 9.18 Å². The minimum absolute atomic E-state index is 0.292. The molecule has 5 nitrogen and oxygen atoms in total. The smallest absolute Gasteiger partial charge is 0.255 e. The molecule has 4 rings (SSSR count). The van der Waals surface area contributed by atoms with Gasteiger partial charge >= 0.3 is 0 Å². The standard InChI is InChI=1S/C20H17BrFN3O2/c21-15-4-1-13(2-5-15)20(26)23-16-11-14-3-6-18(24-19(14)17(22)12-16)25-7-9-27-10-8-25/h1-6,11-12H,7-10H2,(H,23,26). The van der Waals surface area contributed by atoms with E-state index in [1.165, 1.54) is 6.07 Å². The number of ether oxygens (including phenoxy) is 1. The largest absolute Gasteiger partial charge is 0.378 e. The topological polar surface area (TPSA) is 54.5 Å². The van der Waals surface area contributed by atoms with Crippen LogP contribution in [0.3, 0.4) is 0 Å². The average Bonchev–Trinajstić information content (AvgIpc) is 2.69. The molecule has 0 radical (unpaired) electrons. The Morgan fingerprint density at radius 3 is 2.59 bits per heavy atom. The molecule has 1 fully saturated rings. The maximum atomic E-state index is 14.6. The summed E-state index contributed by atoms with van der Waals surface area (Å²) in [5, 5.41) is 3.38. The third kappa shape index (κ3) is 3.94. The van der Waals surface area contributed by atoms with Crippen LogP contribution in [0.2, 0.25) is 0 Å². The van der Waals surface area contributed by atoms with Crippen LogP contribution in [0.4, 0.5) is 15.9 Å². The number of hydrogen-bond acceptors (Lipinski definition) is 4. The van der Waals surface area contributed by atoms with E-state index < -0.39 is 5.82 Å². The van der Waals surface area contributed by atoms with Gasteiger partial charge in [-0.15, -0.1) is 0 Å². The van der Waals surface area contributed by atoms with Crippen molar-refractivity contribution in [1.29, 1.82) is 0 Å². The fourth-order valence-corrected chi connectivity index (χ4v) is 3.29. The first-order valence-corrected chi connectivity index (χ1v) is 9.39. The number of halogens is 2. The van der Waals surface area contributed by atoms with Crippen LogP contribution in [0.15, 0.2) is 53.0 Å². The van der Waals surface area contributed by atoms with Crippen LogP contribution in [0, 0.1) is 5.82 Å². The molecule has 2 aromatic carbocycles. The molecular weight excluding hydrogens is 413 g/mol. The first-order valence-electron chi connectivity index (χ1n) is 8.60. The van der Waals surface area contributed by atoms with Crippen LogP contribution in [-0.4, -0.2) is 37.2 Å². The Bertz CT molecular complexity index is 988. The summed E-state index contributed by atoms with van der Waals surface area (Å²) in [6.07, 6.45) is 0. The van der Waals surface area contributed by atoms with Crippen LogP contribution < -0.4 is 10.2 Å². The molecule has 7 heteroatoms. The number of rotatable bonds is 3. The van der Waals surface area contributed by atoms with Crippen molar-refractivity contribution in [2.75, 3.05) is 36.5 Å². The molecule has 1 aromatic heterocycles. The van der Waals surface area contributed by atoms with Crippen molar-refractivity contribution in [3.63, 3.8) is 0 Å². The van der Waals surface area contributed by atoms with Crippen molar-refractivity contribution in [2.45, 2.75) is 0 Å². The van der Waals surface area contributed by atoms with E-state index in [4.69, 9.17) is 4.74 Å². The van der Waals surface area contributed by atoms with Crippen molar-refractivity contribution >= 4 is 44.2 Å². The second-order valence-electron chi connectivity index (χ2n) is 6.26. The zero-order chi connectivity index (χ0) is 18.8. The number of aromatic nitrogens is 1. The zero-order valence-corrected chi connectivity index (χ0v) is 16.0. The van der Waals surface area contributed by atoms with Gasteiger partial charge in [0.1, 0.15) is 11.3 Å². The van der Waals surface area contributed by atoms with Crippen molar-refractivity contribution < 1.29 is 13.9 Å². The fourth-order valence-electron chi connectivity index (χ4n) is 3.03. The number of carbonyl (C=O) groups excluding carboxylic acids is 1. The van der Waals surface area contributed by atoms with E-state index in [0.29, 0.717) is 35.4 Å². The summed E-state index contributed by atoms with van der Waals surface area (Å²) in [7, 11) is 0. The summed E-state index contributed by atoms with van der Waals surface area (Å²) < 4.78 is 20.9. The van der Waals surface area contributed by atoms with Crippen LogP contribution in [0.5, 0.6) is 0 Å². The molecular formula is C20H17BrFN3O2. The summed E-state index contributed by atoms with van der Waals surface area (Å²) >= 11 is 3.33. The molecule has 1 saturated heterocycles. The number of anilines is 2. The number of nitrogens with zero attached hydrogens (tertiary/aromatic N) is 2. The summed E-state index contributed by atoms with van der Waals surface area (Å²) in [5.41, 5.74) is 1.19. The van der Waals surface area contributed by atoms with Gasteiger partial charge in [-0.05, 0) is 48.5 Å². The minimum Gasteiger partial charge on any atom is -0.378 e. The number of benzene rings is 2. The van der Waals surface area contributed by atoms with E-state index in [1.54, 1.807) is 30.3 Å². The predicted octanol–water partition coefficient (Wildman–Crippen LogP) is 4.23. The van der Waals surface area contributed by atoms with Gasteiger partial charge in [0.15, 0.2) is 5.82 Å². The fraction of sp³-hybridized carbons (Fsp3) is 0.200. The summed E-state index contributed by atoms with van der Waals surface area (Å²) in [6, 6.07) is 13.7. The highest BCUT2D eigenvalue weighted by atomic mass is 79.9. The van der Waals surface area contributed by atoms with Crippen molar-refractivity contribution in [2.24, 2.45) is 0 Å². The number of fused-ring (bicyclic) bond motifs is 1. The summed E-state index contributed by atoms with van der Waals surface area (Å²) in [4.78, 5) is 18.9. The van der Waals surface area contributed by atoms with E-state index in [0.717, 1.165) is 23.4 Å². The lowest BCUT2D eigenvalue weighted by Crippen LogP contribution is -2.36. The highest BCUT2D eigenvalue weighted by Crippen LogP contribution is 2.25. The summed E-state index contributed by atoms with van der Waals surface area (Å²) in [6.45, 7) is 2.76. The minimum atomic E-state index is -0.464. The van der Waals surface area contributed by atoms with Crippen molar-refractivity contribution in [3.05, 3.63) is 64.4 Å². The number of hydrogen-bond donors (Lipinski definition) is 1. The molecule has 1 aliphatic heterocycles. The Morgan fingerprint density at radius 1 is 1.11 bits per heavy atom. The maximum absolute atomic E-state index is 14.6. The lowest BCUT2D eigenvalue weighted by molar-refractivity contribution is 0.102. The normalized spacial score (nSPS) is 14.4. The van der Waals surface area contributed by atoms with Gasteiger partial charge < -0.3 is 15.0 Å². The molecule has 0 aliphatic carbocycles. The molecule has 2 heterocycles. The molecule has 0 spiro atoms. The van der Waals surface area contributed by atoms with Gasteiger partial charge in [0, 0.05) is 34.2 Å². The Balaban J connectivity index is 1.59. The average molecular weight is 430 g/mol. The van der Waals surface area contributed by atoms with Gasteiger partial charge in [0.25, 0.3) is 5.91 Å². The third-order valence-corrected chi connectivity index (χ3v) is 4.96. The Kier molecular flexibility index (Phi) is 5.05. The lowest BCUT2D eigenvalue weighted by atomic mass is 10.1. The molecule has 0 saturated carbocycles. The van der Waals surface area contributed by atoms with E-state index in [1.807, 2.05) is 12.1 Å². The molecule has 1 aliphatic rings. The first kappa shape index (κ1) is 17.9. The molecule has 3 aromatic rings. The summed E-state index contributed by atoms with van der Waals surface area (Å²) in [5.74, 6) is -0.0239. The molecule has 1 N–H and O–H groups in total. The maximum Gasteiger partial charge on any atom is 0.255 e. The molecule has 0 bridgehead atoms. The number of amides is 1. The van der Waals surface area contributed by atoms with Crippen LogP contribution in [0.25, 0.3) is 10.9 Å². The van der Waals surface area contributed by atoms with Crippen LogP contribution in [0.1, 0.15) is 10.4 Å². The molecule has 0 atom stereocenters. The van der Waals surface area contributed by atoms with Crippen LogP contribution in [-0.2, 0) is 4.74 Å². The predicted molar refractivity (Wildman–Crippen MR) is 107 cm³/mol. The van der Waals surface area contributed by atoms with Gasteiger partial charge in [0.05, 0.1) is 13.2 Å². The second kappa shape index (κ2) is 7.62. The van der Waals surface area contributed by atoms with Crippen LogP contribution >= 0.6 is 15.9 Å². The van der Waals surface area contributed by atoms with Gasteiger partial charge in [0.2, 0.25) is 0 Å². The lowest BCUT2D eigenvalue weighted by Gasteiger charge is -2.28. The van der Waals surface area contributed by atoms with E-state index >= 15 is 0 Å². The first-order chi connectivity index (χ1) is 13.1. The second-order valence-corrected chi connectivity index (χ2v) is 7.18. The number of nitrogens with one attached hydrogen (secondary N) is 1. The molecule has 27 heavy (non-hydrogen) atoms. The monoisotopic (exact) mass is 429 g/mol. The van der Waals surface area contributed by atoms with E-state index in [2.05, 4.69) is 31.1 Å². The van der Waals surface area contributed by atoms with Gasteiger partial charge in [-0.3, -0.25) is 4.79 Å². The number of pyridine rings is 1. The Hall–Kier alpha value is -2.51. The quantitative estimate of drug-likeness (QED) is 0.676. The third-order valence-electron chi connectivity index (χ3n) is 4.43. The molecule has 0 unspecified atom stereocenters. The van der Waals surface area contributed by atoms with Gasteiger partial charge in [-0.1, -0.05) is 15.9 Å². The Morgan fingerprint density at radius 2 is 1.85 bits per heavy atom. The van der Waals surface area contributed by atoms with Crippen molar-refractivity contribution in [1.82, 2.24) is 4.98 Å². The number of carbonyl (C=O) groups is 1.